The number of nitrogens with zero attached hydrogens (tertiary/aromatic N) is 4. The average Bonchev–Trinajstić information content (AvgIpc) is 3.36. The largest absolute Gasteiger partial charge is 0.383 e. The van der Waals surface area contributed by atoms with Gasteiger partial charge >= 0.3 is 6.03 Å². The first-order valence-corrected chi connectivity index (χ1v) is 10.9. The first-order chi connectivity index (χ1) is 15.6. The van der Waals surface area contributed by atoms with E-state index in [0.29, 0.717) is 13.0 Å². The summed E-state index contributed by atoms with van der Waals surface area (Å²) in [7, 11) is 3.46. The zero-order valence-corrected chi connectivity index (χ0v) is 19.8. The van der Waals surface area contributed by atoms with Crippen molar-refractivity contribution in [1.29, 1.82) is 0 Å². The van der Waals surface area contributed by atoms with Crippen LogP contribution in [0.15, 0.2) is 47.7 Å². The second kappa shape index (κ2) is 10.2. The van der Waals surface area contributed by atoms with Gasteiger partial charge in [0.2, 0.25) is 0 Å². The quantitative estimate of drug-likeness (QED) is 0.693. The van der Waals surface area contributed by atoms with E-state index in [2.05, 4.69) is 10.4 Å². The molecular weight excluding hydrogens is 425 g/mol. The Balaban J connectivity index is 1.87. The number of ether oxygens (including phenoxy) is 1. The van der Waals surface area contributed by atoms with Crippen molar-refractivity contribution in [3.63, 3.8) is 0 Å². The van der Waals surface area contributed by atoms with Crippen LogP contribution in [-0.2, 0) is 16.6 Å². The van der Waals surface area contributed by atoms with Crippen molar-refractivity contribution >= 4 is 17.6 Å². The van der Waals surface area contributed by atoms with E-state index in [0.717, 1.165) is 17.0 Å². The summed E-state index contributed by atoms with van der Waals surface area (Å²) in [4.78, 5) is 27.6. The number of halogens is 1. The lowest BCUT2D eigenvalue weighted by atomic mass is 10.0. The van der Waals surface area contributed by atoms with E-state index >= 15 is 0 Å². The zero-order valence-electron chi connectivity index (χ0n) is 19.8. The minimum Gasteiger partial charge on any atom is -0.383 e. The molecule has 0 spiro atoms. The van der Waals surface area contributed by atoms with E-state index in [1.165, 1.54) is 22.0 Å². The third-order valence-electron chi connectivity index (χ3n) is 5.32. The molecule has 0 aliphatic carbocycles. The van der Waals surface area contributed by atoms with Crippen LogP contribution in [0.2, 0.25) is 0 Å². The number of aromatic nitrogens is 1. The summed E-state index contributed by atoms with van der Waals surface area (Å²) >= 11 is 0. The van der Waals surface area contributed by atoms with Gasteiger partial charge in [0.1, 0.15) is 12.4 Å². The number of aryl methyl sites for hydroxylation is 1. The number of methoxy groups -OCH3 is 1. The van der Waals surface area contributed by atoms with Crippen molar-refractivity contribution in [2.75, 3.05) is 26.8 Å². The number of carbonyl (C=O) groups excluding carboxylic acids is 2. The molecule has 1 aromatic carbocycles. The highest BCUT2D eigenvalue weighted by molar-refractivity contribution is 6.02. The molecule has 1 atom stereocenters. The Morgan fingerprint density at radius 3 is 2.52 bits per heavy atom. The van der Waals surface area contributed by atoms with Crippen molar-refractivity contribution < 1.29 is 18.7 Å². The Morgan fingerprint density at radius 1 is 1.24 bits per heavy atom. The molecule has 178 valence electrons. The summed E-state index contributed by atoms with van der Waals surface area (Å²) in [5, 5.41) is 8.94. The Hall–Kier alpha value is -3.20. The van der Waals surface area contributed by atoms with Crippen molar-refractivity contribution in [2.24, 2.45) is 12.1 Å². The van der Waals surface area contributed by atoms with E-state index in [-0.39, 0.29) is 30.8 Å². The fourth-order valence-corrected chi connectivity index (χ4v) is 3.69. The van der Waals surface area contributed by atoms with Crippen molar-refractivity contribution in [3.8, 4) is 0 Å². The Labute approximate surface area is 194 Å². The summed E-state index contributed by atoms with van der Waals surface area (Å²) in [5.41, 5.74) is 1.99. The smallest absolute Gasteiger partial charge is 0.318 e. The van der Waals surface area contributed by atoms with Crippen molar-refractivity contribution in [1.82, 2.24) is 19.8 Å². The predicted octanol–water partition coefficient (Wildman–Crippen LogP) is 3.30. The molecule has 1 aliphatic heterocycles. The molecule has 2 aromatic rings. The molecule has 0 fully saturated rings. The van der Waals surface area contributed by atoms with Crippen LogP contribution in [0.25, 0.3) is 0 Å². The van der Waals surface area contributed by atoms with Gasteiger partial charge in [-0.2, -0.15) is 5.10 Å². The summed E-state index contributed by atoms with van der Waals surface area (Å²) in [6, 6.07) is 9.20. The third kappa shape index (κ3) is 6.19. The highest BCUT2D eigenvalue weighted by Crippen LogP contribution is 2.33. The van der Waals surface area contributed by atoms with Crippen LogP contribution in [0.3, 0.4) is 0 Å². The number of hydrogen-bond donors (Lipinski definition) is 1. The van der Waals surface area contributed by atoms with Gasteiger partial charge in [-0.1, -0.05) is 12.1 Å². The molecule has 9 heteroatoms. The summed E-state index contributed by atoms with van der Waals surface area (Å²) in [6.45, 7) is 6.03. The molecule has 0 radical (unpaired) electrons. The molecule has 1 N–H and O–H groups in total. The molecule has 33 heavy (non-hydrogen) atoms. The molecule has 2 heterocycles. The van der Waals surface area contributed by atoms with Crippen LogP contribution < -0.4 is 5.32 Å². The molecule has 0 unspecified atom stereocenters. The summed E-state index contributed by atoms with van der Waals surface area (Å²) < 4.78 is 20.6. The van der Waals surface area contributed by atoms with Crippen LogP contribution in [0.5, 0.6) is 0 Å². The molecule has 8 nitrogen and oxygen atoms in total. The number of carbonyl (C=O) groups is 2. The Kier molecular flexibility index (Phi) is 7.53. The lowest BCUT2D eigenvalue weighted by Gasteiger charge is -2.30. The second-order valence-electron chi connectivity index (χ2n) is 9.16. The molecular formula is C24H32FN5O3. The maximum absolute atomic E-state index is 13.5. The van der Waals surface area contributed by atoms with Gasteiger partial charge in [0.25, 0.3) is 5.91 Å². The number of benzene rings is 1. The first kappa shape index (κ1) is 24.4. The second-order valence-corrected chi connectivity index (χ2v) is 9.16. The first-order valence-electron chi connectivity index (χ1n) is 10.9. The Bertz CT molecular complexity index is 1010. The summed E-state index contributed by atoms with van der Waals surface area (Å²) in [5.74, 6) is -0.670. The van der Waals surface area contributed by atoms with Gasteiger partial charge < -0.3 is 19.5 Å². The van der Waals surface area contributed by atoms with Gasteiger partial charge in [-0.05, 0) is 50.6 Å². The zero-order chi connectivity index (χ0) is 24.2. The molecule has 3 rings (SSSR count). The molecule has 0 saturated carbocycles. The monoisotopic (exact) mass is 457 g/mol. The number of nitrogens with one attached hydrogen (secondary N) is 1. The topological polar surface area (TPSA) is 79.2 Å². The van der Waals surface area contributed by atoms with E-state index in [4.69, 9.17) is 4.74 Å². The van der Waals surface area contributed by atoms with E-state index in [9.17, 15) is 14.0 Å². The lowest BCUT2D eigenvalue weighted by molar-refractivity contribution is -0.133. The lowest BCUT2D eigenvalue weighted by Crippen LogP contribution is -2.52. The van der Waals surface area contributed by atoms with E-state index < -0.39 is 11.6 Å². The number of urea groups is 1. The van der Waals surface area contributed by atoms with E-state index in [1.807, 2.05) is 50.7 Å². The third-order valence-corrected chi connectivity index (χ3v) is 5.32. The van der Waals surface area contributed by atoms with Gasteiger partial charge in [-0.15, -0.1) is 0 Å². The van der Waals surface area contributed by atoms with E-state index in [1.54, 1.807) is 19.2 Å². The van der Waals surface area contributed by atoms with Gasteiger partial charge in [0.05, 0.1) is 24.1 Å². The average molecular weight is 458 g/mol. The number of amides is 3. The molecule has 0 saturated heterocycles. The highest BCUT2D eigenvalue weighted by Gasteiger charge is 2.35. The number of hydrogen-bond acceptors (Lipinski definition) is 4. The van der Waals surface area contributed by atoms with Gasteiger partial charge in [0.15, 0.2) is 0 Å². The van der Waals surface area contributed by atoms with Crippen molar-refractivity contribution in [3.05, 3.63) is 59.7 Å². The van der Waals surface area contributed by atoms with Crippen LogP contribution in [0.1, 0.15) is 44.5 Å². The summed E-state index contributed by atoms with van der Waals surface area (Å²) in [6.07, 6.45) is 2.40. The maximum Gasteiger partial charge on any atom is 0.318 e. The maximum atomic E-state index is 13.5. The SMILES string of the molecule is COCCN(CC(=O)N1N=C(c2cccn2C)C[C@@H]1c1ccc(F)cc1)C(=O)NC(C)(C)C. The fourth-order valence-electron chi connectivity index (χ4n) is 3.69. The van der Waals surface area contributed by atoms with Crippen LogP contribution in [0, 0.1) is 5.82 Å². The van der Waals surface area contributed by atoms with Crippen LogP contribution in [-0.4, -0.2) is 64.5 Å². The van der Waals surface area contributed by atoms with Crippen molar-refractivity contribution in [2.45, 2.75) is 38.8 Å². The van der Waals surface area contributed by atoms with Crippen LogP contribution >= 0.6 is 0 Å². The molecule has 1 aromatic heterocycles. The molecule has 0 bridgehead atoms. The van der Waals surface area contributed by atoms with Gasteiger partial charge in [-0.3, -0.25) is 4.79 Å². The minimum atomic E-state index is -0.451. The number of hydrazone groups is 1. The molecule has 3 amide bonds. The highest BCUT2D eigenvalue weighted by atomic mass is 19.1. The van der Waals surface area contributed by atoms with Gasteiger partial charge in [-0.25, -0.2) is 14.2 Å². The van der Waals surface area contributed by atoms with Gasteiger partial charge in [0, 0.05) is 38.9 Å². The van der Waals surface area contributed by atoms with Crippen LogP contribution in [0.4, 0.5) is 9.18 Å². The molecule has 1 aliphatic rings. The fraction of sp³-hybridized carbons (Fsp3) is 0.458. The predicted molar refractivity (Wildman–Crippen MR) is 124 cm³/mol. The normalized spacial score (nSPS) is 16.0. The minimum absolute atomic E-state index is 0.160. The standard InChI is InChI=1S/C24H32FN5O3/c1-24(2,3)26-23(32)29(13-14-33-5)16-22(31)30-21(17-8-10-18(25)11-9-17)15-19(27-30)20-7-6-12-28(20)4/h6-12,21H,13-16H2,1-5H3,(H,26,32)/t21-/m1/s1. The number of rotatable bonds is 7. The Morgan fingerprint density at radius 2 is 1.94 bits per heavy atom.